The minimum atomic E-state index is -3.37. The molecule has 0 spiro atoms. The Kier molecular flexibility index (Phi) is 6.82. The van der Waals surface area contributed by atoms with E-state index < -0.39 is 10.1 Å². The summed E-state index contributed by atoms with van der Waals surface area (Å²) in [6, 6.07) is 9.54. The van der Waals surface area contributed by atoms with Gasteiger partial charge in [-0.3, -0.25) is 0 Å². The molecule has 1 fully saturated rings. The van der Waals surface area contributed by atoms with Crippen LogP contribution >= 0.6 is 0 Å². The molecule has 1 aromatic carbocycles. The molecule has 1 aromatic rings. The van der Waals surface area contributed by atoms with E-state index in [2.05, 4.69) is 0 Å². The predicted octanol–water partition coefficient (Wildman–Crippen LogP) is 1.29. The summed E-state index contributed by atoms with van der Waals surface area (Å²) in [6.45, 7) is 0.161. The van der Waals surface area contributed by atoms with Gasteiger partial charge < -0.3 is 4.74 Å². The van der Waals surface area contributed by atoms with Gasteiger partial charge >= 0.3 is 0 Å². The third kappa shape index (κ3) is 5.48. The van der Waals surface area contributed by atoms with Crippen molar-refractivity contribution >= 4 is 61.5 Å². The molecule has 1 saturated carbocycles. The average Bonchev–Trinajstić information content (AvgIpc) is 3.10. The van der Waals surface area contributed by atoms with Crippen LogP contribution in [0.4, 0.5) is 0 Å². The first-order valence-corrected chi connectivity index (χ1v) is 6.65. The van der Waals surface area contributed by atoms with Crippen molar-refractivity contribution < 1.29 is 17.3 Å². The summed E-state index contributed by atoms with van der Waals surface area (Å²) >= 11 is 0. The van der Waals surface area contributed by atoms with E-state index >= 15 is 0 Å². The van der Waals surface area contributed by atoms with Crippen LogP contribution in [0.3, 0.4) is 0 Å². The molecule has 0 unspecified atom stereocenters. The van der Waals surface area contributed by atoms with Crippen molar-refractivity contribution in [3.05, 3.63) is 35.9 Å². The van der Waals surface area contributed by atoms with Gasteiger partial charge in [0.05, 0.1) is 11.9 Å². The molecule has 0 saturated heterocycles. The molecular formula is C11H14KO4S. The minimum Gasteiger partial charge on any atom is -0.349 e. The van der Waals surface area contributed by atoms with E-state index in [9.17, 15) is 8.42 Å². The van der Waals surface area contributed by atoms with Gasteiger partial charge in [-0.1, -0.05) is 30.3 Å². The molecule has 0 N–H and O–H groups in total. The predicted molar refractivity (Wildman–Crippen MR) is 64.9 cm³/mol. The Hall–Kier alpha value is 0.726. The fraction of sp³-hybridized carbons (Fsp3) is 0.455. The second-order valence-electron chi connectivity index (χ2n) is 3.76. The van der Waals surface area contributed by atoms with Gasteiger partial charge in [0, 0.05) is 51.4 Å². The number of hydrogen-bond donors (Lipinski definition) is 0. The normalized spacial score (nSPS) is 15.3. The van der Waals surface area contributed by atoms with Crippen LogP contribution in [0.25, 0.3) is 0 Å². The molecule has 0 amide bonds. The van der Waals surface area contributed by atoms with E-state index in [-0.39, 0.29) is 63.4 Å². The summed E-state index contributed by atoms with van der Waals surface area (Å²) in [7, 11) is -3.37. The van der Waals surface area contributed by atoms with Crippen LogP contribution in [0.15, 0.2) is 30.3 Å². The van der Waals surface area contributed by atoms with Gasteiger partial charge in [0.2, 0.25) is 0 Å². The van der Waals surface area contributed by atoms with Gasteiger partial charge in [0.25, 0.3) is 10.1 Å². The number of hydrogen-bond acceptors (Lipinski definition) is 4. The molecular weight excluding hydrogens is 267 g/mol. The Morgan fingerprint density at radius 1 is 1.18 bits per heavy atom. The van der Waals surface area contributed by atoms with Crippen LogP contribution in [0, 0.1) is 0 Å². The summed E-state index contributed by atoms with van der Waals surface area (Å²) < 4.78 is 32.5. The largest absolute Gasteiger partial charge is 0.349 e. The maximum atomic E-state index is 11.3. The van der Waals surface area contributed by atoms with E-state index in [4.69, 9.17) is 8.92 Å². The molecule has 0 bridgehead atoms. The first-order valence-electron chi connectivity index (χ1n) is 5.18. The second kappa shape index (κ2) is 7.35. The quantitative estimate of drug-likeness (QED) is 0.341. The van der Waals surface area contributed by atoms with Crippen molar-refractivity contribution in [2.24, 2.45) is 0 Å². The van der Waals surface area contributed by atoms with Crippen molar-refractivity contribution in [3.63, 3.8) is 0 Å². The molecule has 2 rings (SSSR count). The number of benzene rings is 1. The van der Waals surface area contributed by atoms with E-state index in [0.717, 1.165) is 5.56 Å². The third-order valence-corrected chi connectivity index (χ3v) is 4.05. The first-order chi connectivity index (χ1) is 7.68. The summed E-state index contributed by atoms with van der Waals surface area (Å²) in [5, 5.41) is -0.298. The first kappa shape index (κ1) is 15.8. The third-order valence-electron chi connectivity index (χ3n) is 2.34. The Labute approximate surface area is 144 Å². The smallest absolute Gasteiger partial charge is 0.272 e. The van der Waals surface area contributed by atoms with Gasteiger partial charge in [-0.15, -0.1) is 0 Å². The molecule has 0 heterocycles. The molecule has 1 aliphatic carbocycles. The SMILES string of the molecule is O=S(=O)(OCOCc1ccccc1)C1CC1.[K]. The number of ether oxygens (including phenoxy) is 1. The van der Waals surface area contributed by atoms with Crippen LogP contribution in [0.1, 0.15) is 18.4 Å². The van der Waals surface area contributed by atoms with E-state index in [1.165, 1.54) is 0 Å². The van der Waals surface area contributed by atoms with Gasteiger partial charge in [0.15, 0.2) is 6.79 Å². The molecule has 1 aliphatic rings. The van der Waals surface area contributed by atoms with Gasteiger partial charge in [-0.2, -0.15) is 8.42 Å². The zero-order valence-electron chi connectivity index (χ0n) is 9.83. The topological polar surface area (TPSA) is 52.6 Å². The van der Waals surface area contributed by atoms with Crippen molar-refractivity contribution in [1.82, 2.24) is 0 Å². The molecule has 0 aromatic heterocycles. The standard InChI is InChI=1S/C11H14O4S.K/c12-16(13,11-6-7-11)15-9-14-8-10-4-2-1-3-5-10;/h1-5,11H,6-9H2;. The average molecular weight is 281 g/mol. The van der Waals surface area contributed by atoms with Crippen molar-refractivity contribution in [1.29, 1.82) is 0 Å². The Bertz CT molecular complexity index is 428. The second-order valence-corrected chi connectivity index (χ2v) is 5.65. The van der Waals surface area contributed by atoms with E-state index in [1.54, 1.807) is 0 Å². The van der Waals surface area contributed by atoms with Gasteiger partial charge in [0.1, 0.15) is 0 Å². The summed E-state index contributed by atoms with van der Waals surface area (Å²) in [5.41, 5.74) is 0.995. The van der Waals surface area contributed by atoms with Crippen LogP contribution < -0.4 is 0 Å². The van der Waals surface area contributed by atoms with Gasteiger partial charge in [-0.05, 0) is 18.4 Å². The van der Waals surface area contributed by atoms with Crippen LogP contribution in [-0.4, -0.2) is 71.8 Å². The Balaban J connectivity index is 0.00000144. The van der Waals surface area contributed by atoms with Crippen LogP contribution in [0.5, 0.6) is 0 Å². The monoisotopic (exact) mass is 281 g/mol. The molecule has 89 valence electrons. The fourth-order valence-corrected chi connectivity index (χ4v) is 2.40. The molecule has 17 heavy (non-hydrogen) atoms. The van der Waals surface area contributed by atoms with Crippen LogP contribution in [0.2, 0.25) is 0 Å². The van der Waals surface area contributed by atoms with Gasteiger partial charge in [-0.25, -0.2) is 4.18 Å². The zero-order chi connectivity index (χ0) is 11.4. The minimum absolute atomic E-state index is 0. The van der Waals surface area contributed by atoms with Crippen molar-refractivity contribution in [2.75, 3.05) is 6.79 Å². The summed E-state index contributed by atoms with van der Waals surface area (Å²) in [6.07, 6.45) is 1.42. The van der Waals surface area contributed by atoms with Crippen LogP contribution in [-0.2, 0) is 25.6 Å². The molecule has 0 aliphatic heterocycles. The summed E-state index contributed by atoms with van der Waals surface area (Å²) in [5.74, 6) is 0. The zero-order valence-corrected chi connectivity index (χ0v) is 13.8. The van der Waals surface area contributed by atoms with Crippen molar-refractivity contribution in [2.45, 2.75) is 24.7 Å². The Morgan fingerprint density at radius 3 is 2.41 bits per heavy atom. The van der Waals surface area contributed by atoms with Crippen molar-refractivity contribution in [3.8, 4) is 0 Å². The maximum absolute atomic E-state index is 11.3. The molecule has 1 radical (unpaired) electrons. The number of rotatable bonds is 6. The molecule has 6 heteroatoms. The molecule has 0 atom stereocenters. The van der Waals surface area contributed by atoms with E-state index in [1.807, 2.05) is 30.3 Å². The maximum Gasteiger partial charge on any atom is 0.272 e. The molecule has 4 nitrogen and oxygen atoms in total. The van der Waals surface area contributed by atoms with E-state index in [0.29, 0.717) is 19.4 Å². The Morgan fingerprint density at radius 2 is 1.82 bits per heavy atom. The summed E-state index contributed by atoms with van der Waals surface area (Å²) in [4.78, 5) is 0. The fourth-order valence-electron chi connectivity index (χ4n) is 1.29.